The maximum absolute atomic E-state index is 10.6. The Morgan fingerprint density at radius 3 is 1.57 bits per heavy atom. The van der Waals surface area contributed by atoms with Crippen LogP contribution >= 0.6 is 0 Å². The summed E-state index contributed by atoms with van der Waals surface area (Å²) >= 11 is 0. The molecule has 3 heteroatoms. The number of terminal acetylenes is 1. The highest BCUT2D eigenvalue weighted by Crippen LogP contribution is 2.45. The first kappa shape index (κ1) is 26.2. The molecule has 0 fully saturated rings. The quantitative estimate of drug-likeness (QED) is 0.183. The van der Waals surface area contributed by atoms with Gasteiger partial charge in [-0.1, -0.05) is 107 Å². The summed E-state index contributed by atoms with van der Waals surface area (Å²) in [5, 5.41) is 21.1. The average molecular weight is 471 g/mol. The van der Waals surface area contributed by atoms with Gasteiger partial charge in [0.05, 0.1) is 6.61 Å². The lowest BCUT2D eigenvalue weighted by Gasteiger charge is -2.19. The predicted octanol–water partition coefficient (Wildman–Crippen LogP) is 8.71. The minimum atomic E-state index is 0.161. The highest BCUT2D eigenvalue weighted by Gasteiger charge is 2.19. The summed E-state index contributed by atoms with van der Waals surface area (Å²) in [6, 6.07) is 18.1. The second kappa shape index (κ2) is 14.1. The van der Waals surface area contributed by atoms with Crippen LogP contribution in [-0.4, -0.2) is 16.8 Å². The van der Waals surface area contributed by atoms with Gasteiger partial charge in [0.15, 0.2) is 0 Å². The fraction of sp³-hybridized carbons (Fsp3) is 0.375. The molecule has 0 saturated carbocycles. The van der Waals surface area contributed by atoms with Gasteiger partial charge in [0.25, 0.3) is 0 Å². The standard InChI is InChI=1S/C32H38O3/c1-3-5-6-7-8-9-10-11-12-17-22-35-32-28(26-18-13-15-20-30(26)33)23-25(4-2)24-29(32)27-19-14-16-21-31(27)34/h2,13-16,18-21,23-24,33-34H,3,5-12,17,22H2,1H3. The zero-order chi connectivity index (χ0) is 24.9. The number of ether oxygens (including phenoxy) is 1. The molecule has 0 heterocycles. The van der Waals surface area contributed by atoms with E-state index in [1.807, 2.05) is 36.4 Å². The number of unbranched alkanes of at least 4 members (excludes halogenated alkanes) is 9. The lowest BCUT2D eigenvalue weighted by Crippen LogP contribution is -2.02. The molecule has 0 aliphatic rings. The van der Waals surface area contributed by atoms with Gasteiger partial charge >= 0.3 is 0 Å². The van der Waals surface area contributed by atoms with Gasteiger partial charge < -0.3 is 14.9 Å². The first-order chi connectivity index (χ1) is 17.2. The number of rotatable bonds is 14. The van der Waals surface area contributed by atoms with Crippen molar-refractivity contribution in [3.8, 4) is 51.8 Å². The van der Waals surface area contributed by atoms with Gasteiger partial charge in [-0.05, 0) is 30.7 Å². The molecule has 3 aromatic rings. The van der Waals surface area contributed by atoms with Crippen LogP contribution < -0.4 is 4.74 Å². The zero-order valence-electron chi connectivity index (χ0n) is 20.9. The first-order valence-electron chi connectivity index (χ1n) is 13.0. The largest absolute Gasteiger partial charge is 0.507 e. The van der Waals surface area contributed by atoms with Crippen LogP contribution in [0.5, 0.6) is 17.2 Å². The molecule has 2 N–H and O–H groups in total. The Balaban J connectivity index is 1.75. The number of phenols is 2. The van der Waals surface area contributed by atoms with E-state index in [2.05, 4.69) is 12.8 Å². The van der Waals surface area contributed by atoms with Crippen LogP contribution in [0, 0.1) is 12.3 Å². The number of hydrogen-bond acceptors (Lipinski definition) is 3. The molecule has 0 bridgehead atoms. The number of phenolic OH excluding ortho intramolecular Hbond substituents is 2. The van der Waals surface area contributed by atoms with E-state index in [1.54, 1.807) is 24.3 Å². The van der Waals surface area contributed by atoms with Gasteiger partial charge in [-0.3, -0.25) is 0 Å². The number of para-hydroxylation sites is 2. The van der Waals surface area contributed by atoms with E-state index in [9.17, 15) is 10.2 Å². The summed E-state index contributed by atoms with van der Waals surface area (Å²) in [6.45, 7) is 2.82. The van der Waals surface area contributed by atoms with Crippen molar-refractivity contribution in [2.24, 2.45) is 0 Å². The highest BCUT2D eigenvalue weighted by molar-refractivity contribution is 5.87. The van der Waals surface area contributed by atoms with E-state index in [-0.39, 0.29) is 11.5 Å². The molecule has 3 rings (SSSR count). The van der Waals surface area contributed by atoms with E-state index >= 15 is 0 Å². The maximum Gasteiger partial charge on any atom is 0.135 e. The topological polar surface area (TPSA) is 49.7 Å². The molecular formula is C32H38O3. The van der Waals surface area contributed by atoms with Crippen molar-refractivity contribution in [3.05, 3.63) is 66.2 Å². The van der Waals surface area contributed by atoms with Gasteiger partial charge in [0, 0.05) is 27.8 Å². The summed E-state index contributed by atoms with van der Waals surface area (Å²) in [7, 11) is 0. The van der Waals surface area contributed by atoms with Gasteiger partial charge in [-0.25, -0.2) is 0 Å². The SMILES string of the molecule is C#Cc1cc(-c2ccccc2O)c(OCCCCCCCCCCCC)c(-c2ccccc2O)c1. The summed E-state index contributed by atoms with van der Waals surface area (Å²) in [6.07, 6.45) is 18.3. The highest BCUT2D eigenvalue weighted by atomic mass is 16.5. The monoisotopic (exact) mass is 470 g/mol. The van der Waals surface area contributed by atoms with Crippen molar-refractivity contribution in [2.75, 3.05) is 6.61 Å². The van der Waals surface area contributed by atoms with Crippen molar-refractivity contribution in [1.82, 2.24) is 0 Å². The lowest BCUT2D eigenvalue weighted by molar-refractivity contribution is 0.306. The Morgan fingerprint density at radius 2 is 1.11 bits per heavy atom. The number of benzene rings is 3. The fourth-order valence-corrected chi connectivity index (χ4v) is 4.43. The third kappa shape index (κ3) is 7.55. The fourth-order valence-electron chi connectivity index (χ4n) is 4.43. The Kier molecular flexibility index (Phi) is 10.6. The third-order valence-corrected chi connectivity index (χ3v) is 6.39. The molecule has 0 atom stereocenters. The van der Waals surface area contributed by atoms with E-state index in [4.69, 9.17) is 11.2 Å². The molecule has 0 unspecified atom stereocenters. The molecule has 0 radical (unpaired) electrons. The Labute approximate surface area is 210 Å². The smallest absolute Gasteiger partial charge is 0.135 e. The summed E-state index contributed by atoms with van der Waals surface area (Å²) in [5.74, 6) is 3.66. The van der Waals surface area contributed by atoms with Crippen molar-refractivity contribution < 1.29 is 14.9 Å². The minimum Gasteiger partial charge on any atom is -0.507 e. The van der Waals surface area contributed by atoms with E-state index in [0.717, 1.165) is 24.0 Å². The molecular weight excluding hydrogens is 432 g/mol. The molecule has 3 aromatic carbocycles. The molecule has 0 spiro atoms. The second-order valence-electron chi connectivity index (χ2n) is 9.11. The van der Waals surface area contributed by atoms with E-state index in [0.29, 0.717) is 29.0 Å². The Morgan fingerprint density at radius 1 is 0.657 bits per heavy atom. The van der Waals surface area contributed by atoms with Crippen LogP contribution in [0.2, 0.25) is 0 Å². The van der Waals surface area contributed by atoms with Gasteiger partial charge in [-0.2, -0.15) is 0 Å². The molecule has 0 saturated heterocycles. The van der Waals surface area contributed by atoms with Crippen molar-refractivity contribution in [1.29, 1.82) is 0 Å². The van der Waals surface area contributed by atoms with Crippen LogP contribution in [0.3, 0.4) is 0 Å². The minimum absolute atomic E-state index is 0.161. The molecule has 0 aliphatic heterocycles. The zero-order valence-corrected chi connectivity index (χ0v) is 20.9. The van der Waals surface area contributed by atoms with Crippen LogP contribution in [0.4, 0.5) is 0 Å². The lowest BCUT2D eigenvalue weighted by atomic mass is 9.93. The summed E-state index contributed by atoms with van der Waals surface area (Å²) in [4.78, 5) is 0. The average Bonchev–Trinajstić information content (AvgIpc) is 2.88. The van der Waals surface area contributed by atoms with Crippen LogP contribution in [0.25, 0.3) is 22.3 Å². The molecule has 35 heavy (non-hydrogen) atoms. The van der Waals surface area contributed by atoms with Gasteiger partial charge in [-0.15, -0.1) is 6.42 Å². The Bertz CT molecular complexity index is 1040. The summed E-state index contributed by atoms with van der Waals surface area (Å²) < 4.78 is 6.37. The van der Waals surface area contributed by atoms with Crippen molar-refractivity contribution in [2.45, 2.75) is 71.1 Å². The predicted molar refractivity (Wildman–Crippen MR) is 146 cm³/mol. The maximum atomic E-state index is 10.6. The van der Waals surface area contributed by atoms with Gasteiger partial charge in [0.1, 0.15) is 17.2 Å². The van der Waals surface area contributed by atoms with Crippen LogP contribution in [0.1, 0.15) is 76.7 Å². The molecule has 3 nitrogen and oxygen atoms in total. The first-order valence-corrected chi connectivity index (χ1v) is 13.0. The van der Waals surface area contributed by atoms with Crippen molar-refractivity contribution >= 4 is 0 Å². The van der Waals surface area contributed by atoms with Gasteiger partial charge in [0.2, 0.25) is 0 Å². The number of aromatic hydroxyl groups is 2. The van der Waals surface area contributed by atoms with Crippen molar-refractivity contribution in [3.63, 3.8) is 0 Å². The normalized spacial score (nSPS) is 10.7. The molecule has 0 aromatic heterocycles. The van der Waals surface area contributed by atoms with E-state index in [1.165, 1.54) is 51.4 Å². The molecule has 184 valence electrons. The second-order valence-corrected chi connectivity index (χ2v) is 9.11. The molecule has 0 aliphatic carbocycles. The summed E-state index contributed by atoms with van der Waals surface area (Å²) in [5.41, 5.74) is 3.42. The van der Waals surface area contributed by atoms with Crippen LogP contribution in [-0.2, 0) is 0 Å². The number of hydrogen-bond donors (Lipinski definition) is 2. The molecule has 0 amide bonds. The van der Waals surface area contributed by atoms with Crippen LogP contribution in [0.15, 0.2) is 60.7 Å². The van der Waals surface area contributed by atoms with E-state index < -0.39 is 0 Å². The third-order valence-electron chi connectivity index (χ3n) is 6.39. The Hall–Kier alpha value is -3.38.